The van der Waals surface area contributed by atoms with Gasteiger partial charge in [-0.15, -0.1) is 0 Å². The third-order valence-corrected chi connectivity index (χ3v) is 7.54. The first-order chi connectivity index (χ1) is 19.6. The van der Waals surface area contributed by atoms with Crippen molar-refractivity contribution in [2.45, 2.75) is 25.8 Å². The number of rotatable bonds is 6. The number of nitrogens with one attached hydrogen (secondary N) is 2. The van der Waals surface area contributed by atoms with E-state index in [0.29, 0.717) is 22.7 Å². The van der Waals surface area contributed by atoms with Crippen molar-refractivity contribution in [2.75, 3.05) is 20.2 Å². The van der Waals surface area contributed by atoms with E-state index in [1.165, 1.54) is 44.1 Å². The molecule has 6 aromatic rings. The molecule has 0 radical (unpaired) electrons. The van der Waals surface area contributed by atoms with Gasteiger partial charge in [-0.05, 0) is 74.0 Å². The van der Waals surface area contributed by atoms with Crippen LogP contribution in [0.15, 0.2) is 67.1 Å². The number of pyridine rings is 3. The zero-order valence-corrected chi connectivity index (χ0v) is 22.1. The van der Waals surface area contributed by atoms with Crippen LogP contribution in [0.4, 0.5) is 4.39 Å². The van der Waals surface area contributed by atoms with E-state index in [4.69, 9.17) is 9.72 Å². The Morgan fingerprint density at radius 3 is 2.70 bits per heavy atom. The van der Waals surface area contributed by atoms with E-state index in [1.807, 2.05) is 36.7 Å². The fraction of sp³-hybridized carbons (Fsp3) is 0.226. The lowest BCUT2D eigenvalue weighted by Crippen LogP contribution is -2.29. The summed E-state index contributed by atoms with van der Waals surface area (Å²) in [5.41, 5.74) is 8.26. The fourth-order valence-electron chi connectivity index (χ4n) is 5.57. The van der Waals surface area contributed by atoms with Gasteiger partial charge in [0.25, 0.3) is 0 Å². The molecule has 5 aromatic heterocycles. The van der Waals surface area contributed by atoms with Crippen molar-refractivity contribution >= 4 is 21.9 Å². The summed E-state index contributed by atoms with van der Waals surface area (Å²) in [7, 11) is 1.52. The molecule has 1 saturated heterocycles. The number of aromatic amines is 2. The Hall–Kier alpha value is -4.63. The minimum atomic E-state index is -0.381. The lowest BCUT2D eigenvalue weighted by Gasteiger charge is -2.26. The SMILES string of the molecule is COc1cc(F)cc(-c2nccc3[nH]c(-c4n[nH]c5ccc(-c6cncc(CN7CCCCC7)c6)nc45)cc23)c1. The fourth-order valence-corrected chi connectivity index (χ4v) is 5.57. The molecule has 0 spiro atoms. The van der Waals surface area contributed by atoms with Crippen molar-refractivity contribution in [1.82, 2.24) is 35.0 Å². The van der Waals surface area contributed by atoms with Crippen LogP contribution in [-0.4, -0.2) is 55.2 Å². The number of H-pyrrole nitrogens is 2. The molecule has 40 heavy (non-hydrogen) atoms. The van der Waals surface area contributed by atoms with E-state index in [0.717, 1.165) is 58.5 Å². The first-order valence-corrected chi connectivity index (χ1v) is 13.5. The predicted molar refractivity (Wildman–Crippen MR) is 153 cm³/mol. The van der Waals surface area contributed by atoms with Gasteiger partial charge in [0, 0.05) is 53.2 Å². The molecule has 1 fully saturated rings. The standard InChI is InChI=1S/C31H28FN7O/c1-40-23-13-20(12-22(32)14-23)29-24-15-28(35-26(24)7-8-34-29)31-30-27(37-38-31)6-5-25(36-30)21-11-19(16-33-17-21)18-39-9-3-2-4-10-39/h5-8,11-17,35H,2-4,9-10,18H2,1H3,(H,37,38). The molecule has 2 N–H and O–H groups in total. The van der Waals surface area contributed by atoms with Crippen molar-refractivity contribution < 1.29 is 9.13 Å². The Balaban J connectivity index is 1.26. The Morgan fingerprint density at radius 2 is 1.82 bits per heavy atom. The highest BCUT2D eigenvalue weighted by Crippen LogP contribution is 2.34. The number of benzene rings is 1. The van der Waals surface area contributed by atoms with E-state index in [1.54, 1.807) is 12.3 Å². The number of methoxy groups -OCH3 is 1. The minimum absolute atomic E-state index is 0.381. The van der Waals surface area contributed by atoms with Crippen LogP contribution in [0.5, 0.6) is 5.75 Å². The van der Waals surface area contributed by atoms with E-state index < -0.39 is 0 Å². The summed E-state index contributed by atoms with van der Waals surface area (Å²) in [6.07, 6.45) is 9.36. The van der Waals surface area contributed by atoms with Gasteiger partial charge in [0.05, 0.1) is 29.7 Å². The smallest absolute Gasteiger partial charge is 0.135 e. The van der Waals surface area contributed by atoms with Crippen LogP contribution in [-0.2, 0) is 6.54 Å². The topological polar surface area (TPSA) is 95.6 Å². The number of piperidine rings is 1. The van der Waals surface area contributed by atoms with Gasteiger partial charge in [-0.25, -0.2) is 9.37 Å². The molecule has 0 atom stereocenters. The van der Waals surface area contributed by atoms with Crippen molar-refractivity contribution in [3.8, 4) is 39.7 Å². The second-order valence-corrected chi connectivity index (χ2v) is 10.3. The van der Waals surface area contributed by atoms with Crippen LogP contribution in [0.25, 0.3) is 55.8 Å². The third-order valence-electron chi connectivity index (χ3n) is 7.54. The summed E-state index contributed by atoms with van der Waals surface area (Å²) in [4.78, 5) is 20.0. The Bertz CT molecular complexity index is 1840. The molecule has 9 heteroatoms. The summed E-state index contributed by atoms with van der Waals surface area (Å²) in [6.45, 7) is 3.19. The van der Waals surface area contributed by atoms with Crippen molar-refractivity contribution in [1.29, 1.82) is 0 Å². The molecule has 200 valence electrons. The highest BCUT2D eigenvalue weighted by atomic mass is 19.1. The van der Waals surface area contributed by atoms with E-state index in [2.05, 4.69) is 36.1 Å². The molecule has 0 amide bonds. The second-order valence-electron chi connectivity index (χ2n) is 10.3. The lowest BCUT2D eigenvalue weighted by molar-refractivity contribution is 0.220. The first-order valence-electron chi connectivity index (χ1n) is 13.5. The maximum Gasteiger partial charge on any atom is 0.135 e. The van der Waals surface area contributed by atoms with Gasteiger partial charge in [-0.1, -0.05) is 6.42 Å². The second kappa shape index (κ2) is 10.2. The number of hydrogen-bond donors (Lipinski definition) is 2. The molecule has 7 rings (SSSR count). The molecular formula is C31H28FN7O. The molecule has 0 unspecified atom stereocenters. The summed E-state index contributed by atoms with van der Waals surface area (Å²) in [5, 5.41) is 8.55. The van der Waals surface area contributed by atoms with Crippen molar-refractivity contribution in [3.63, 3.8) is 0 Å². The predicted octanol–water partition coefficient (Wildman–Crippen LogP) is 6.36. The highest BCUT2D eigenvalue weighted by Gasteiger charge is 2.17. The maximum absolute atomic E-state index is 14.3. The third kappa shape index (κ3) is 4.58. The van der Waals surface area contributed by atoms with Crippen LogP contribution in [0.2, 0.25) is 0 Å². The lowest BCUT2D eigenvalue weighted by atomic mass is 10.1. The Kier molecular flexibility index (Phi) is 6.20. The Labute approximate surface area is 230 Å². The van der Waals surface area contributed by atoms with Gasteiger partial charge in [-0.3, -0.25) is 20.0 Å². The number of hydrogen-bond acceptors (Lipinski definition) is 6. The van der Waals surface area contributed by atoms with E-state index >= 15 is 0 Å². The Morgan fingerprint density at radius 1 is 0.925 bits per heavy atom. The normalized spacial score (nSPS) is 14.2. The van der Waals surface area contributed by atoms with E-state index in [9.17, 15) is 4.39 Å². The van der Waals surface area contributed by atoms with Crippen LogP contribution >= 0.6 is 0 Å². The van der Waals surface area contributed by atoms with Gasteiger partial charge in [0.15, 0.2) is 0 Å². The monoisotopic (exact) mass is 533 g/mol. The molecule has 1 aliphatic rings. The van der Waals surface area contributed by atoms with Crippen LogP contribution in [0.3, 0.4) is 0 Å². The van der Waals surface area contributed by atoms with Gasteiger partial charge >= 0.3 is 0 Å². The van der Waals surface area contributed by atoms with Crippen LogP contribution in [0, 0.1) is 5.82 Å². The van der Waals surface area contributed by atoms with Crippen LogP contribution in [0.1, 0.15) is 24.8 Å². The minimum Gasteiger partial charge on any atom is -0.497 e. The van der Waals surface area contributed by atoms with Gasteiger partial charge < -0.3 is 9.72 Å². The van der Waals surface area contributed by atoms with Crippen molar-refractivity contribution in [3.05, 3.63) is 78.5 Å². The zero-order chi connectivity index (χ0) is 27.1. The van der Waals surface area contributed by atoms with E-state index in [-0.39, 0.29) is 5.82 Å². The average Bonchev–Trinajstić information content (AvgIpc) is 3.61. The molecular weight excluding hydrogens is 505 g/mol. The zero-order valence-electron chi connectivity index (χ0n) is 22.1. The van der Waals surface area contributed by atoms with Gasteiger partial charge in [0.1, 0.15) is 22.8 Å². The number of nitrogens with zero attached hydrogens (tertiary/aromatic N) is 5. The van der Waals surface area contributed by atoms with Gasteiger partial charge in [0.2, 0.25) is 0 Å². The average molecular weight is 534 g/mol. The summed E-state index contributed by atoms with van der Waals surface area (Å²) < 4.78 is 19.5. The molecule has 1 aliphatic heterocycles. The molecule has 6 heterocycles. The summed E-state index contributed by atoms with van der Waals surface area (Å²) in [5.74, 6) is 0.0579. The molecule has 0 saturated carbocycles. The first kappa shape index (κ1) is 24.4. The number of ether oxygens (including phenoxy) is 1. The summed E-state index contributed by atoms with van der Waals surface area (Å²) in [6, 6.07) is 14.7. The summed E-state index contributed by atoms with van der Waals surface area (Å²) >= 11 is 0. The van der Waals surface area contributed by atoms with Crippen LogP contribution < -0.4 is 4.74 Å². The van der Waals surface area contributed by atoms with Crippen molar-refractivity contribution in [2.24, 2.45) is 0 Å². The largest absolute Gasteiger partial charge is 0.497 e. The number of fused-ring (bicyclic) bond motifs is 2. The maximum atomic E-state index is 14.3. The quantitative estimate of drug-likeness (QED) is 0.259. The number of halogens is 1. The molecule has 0 aliphatic carbocycles. The van der Waals surface area contributed by atoms with Gasteiger partial charge in [-0.2, -0.15) is 5.10 Å². The molecule has 1 aromatic carbocycles. The highest BCUT2D eigenvalue weighted by molar-refractivity contribution is 5.99. The molecule has 8 nitrogen and oxygen atoms in total. The number of likely N-dealkylation sites (tertiary alicyclic amines) is 1. The number of aromatic nitrogens is 6. The molecule has 0 bridgehead atoms.